The molecule has 0 radical (unpaired) electrons. The van der Waals surface area contributed by atoms with Crippen LogP contribution in [0.15, 0.2) is 22.8 Å². The van der Waals surface area contributed by atoms with Crippen LogP contribution in [0.1, 0.15) is 50.1 Å². The topological polar surface area (TPSA) is 50.4 Å². The maximum Gasteiger partial charge on any atom is 0.371 e. The number of unbranched alkanes of at least 4 members (excludes halogenated alkanes) is 3. The van der Waals surface area contributed by atoms with Crippen molar-refractivity contribution in [2.75, 3.05) is 0 Å². The van der Waals surface area contributed by atoms with E-state index < -0.39 is 5.97 Å². The molecule has 0 aliphatic heterocycles. The molecular formula is C11H18O3. The Bertz CT molecular complexity index is 223. The van der Waals surface area contributed by atoms with Crippen LogP contribution in [0.4, 0.5) is 0 Å². The van der Waals surface area contributed by atoms with Crippen LogP contribution >= 0.6 is 0 Å². The summed E-state index contributed by atoms with van der Waals surface area (Å²) in [6, 6.07) is 2.92. The molecule has 0 saturated carbocycles. The molecule has 0 aliphatic carbocycles. The van der Waals surface area contributed by atoms with E-state index in [-0.39, 0.29) is 5.76 Å². The first-order valence-electron chi connectivity index (χ1n) is 4.99. The summed E-state index contributed by atoms with van der Waals surface area (Å²) in [6.45, 7) is 4.46. The molecule has 0 fully saturated rings. The molecule has 0 bridgehead atoms. The molecule has 0 spiro atoms. The molecule has 0 aromatic carbocycles. The summed E-state index contributed by atoms with van der Waals surface area (Å²) in [5.74, 6) is -1.06. The van der Waals surface area contributed by atoms with Crippen molar-refractivity contribution in [2.45, 2.75) is 39.5 Å². The first-order chi connectivity index (χ1) is 6.72. The van der Waals surface area contributed by atoms with Crippen molar-refractivity contribution in [3.05, 3.63) is 24.2 Å². The standard InChI is InChI=1S/C6H14.C5H4O3/c1-3-5-6-4-2;6-5(7)4-2-1-3-8-4/h3-6H2,1-2H3;1-3H,(H,6,7). The van der Waals surface area contributed by atoms with Crippen molar-refractivity contribution in [3.8, 4) is 0 Å². The van der Waals surface area contributed by atoms with Crippen molar-refractivity contribution in [1.29, 1.82) is 0 Å². The number of hydrogen-bond donors (Lipinski definition) is 1. The molecular weight excluding hydrogens is 180 g/mol. The Hall–Kier alpha value is -1.25. The molecule has 1 heterocycles. The number of carbonyl (C=O) groups is 1. The smallest absolute Gasteiger partial charge is 0.371 e. The van der Waals surface area contributed by atoms with E-state index in [1.807, 2.05) is 0 Å². The molecule has 3 heteroatoms. The lowest BCUT2D eigenvalue weighted by Crippen LogP contribution is -1.90. The number of aromatic carboxylic acids is 1. The van der Waals surface area contributed by atoms with Crippen molar-refractivity contribution >= 4 is 5.97 Å². The van der Waals surface area contributed by atoms with E-state index in [0.717, 1.165) is 0 Å². The zero-order valence-electron chi connectivity index (χ0n) is 8.82. The summed E-state index contributed by atoms with van der Waals surface area (Å²) in [5.41, 5.74) is 0. The predicted molar refractivity (Wildman–Crippen MR) is 55.5 cm³/mol. The number of carboxylic acids is 1. The zero-order chi connectivity index (χ0) is 10.8. The van der Waals surface area contributed by atoms with Gasteiger partial charge in [0.05, 0.1) is 6.26 Å². The first-order valence-corrected chi connectivity index (χ1v) is 4.99. The van der Waals surface area contributed by atoms with Gasteiger partial charge in [0, 0.05) is 0 Å². The second kappa shape index (κ2) is 8.35. The number of hydrogen-bond acceptors (Lipinski definition) is 2. The second-order valence-corrected chi connectivity index (χ2v) is 2.99. The van der Waals surface area contributed by atoms with Crippen molar-refractivity contribution < 1.29 is 14.3 Å². The fraction of sp³-hybridized carbons (Fsp3) is 0.545. The van der Waals surface area contributed by atoms with Crippen LogP contribution in [0, 0.1) is 0 Å². The Morgan fingerprint density at radius 1 is 1.36 bits per heavy atom. The third-order valence-electron chi connectivity index (χ3n) is 1.69. The Kier molecular flexibility index (Phi) is 7.61. The number of rotatable bonds is 4. The van der Waals surface area contributed by atoms with E-state index >= 15 is 0 Å². The molecule has 0 unspecified atom stereocenters. The fourth-order valence-electron chi connectivity index (χ4n) is 0.900. The Morgan fingerprint density at radius 3 is 2.14 bits per heavy atom. The lowest BCUT2D eigenvalue weighted by atomic mass is 10.2. The quantitative estimate of drug-likeness (QED) is 0.752. The largest absolute Gasteiger partial charge is 0.475 e. The van der Waals surface area contributed by atoms with E-state index in [1.165, 1.54) is 44.1 Å². The van der Waals surface area contributed by atoms with Gasteiger partial charge in [0.25, 0.3) is 0 Å². The van der Waals surface area contributed by atoms with Gasteiger partial charge >= 0.3 is 5.97 Å². The van der Waals surface area contributed by atoms with Crippen LogP contribution in [0.25, 0.3) is 0 Å². The van der Waals surface area contributed by atoms with Crippen LogP contribution in [0.5, 0.6) is 0 Å². The van der Waals surface area contributed by atoms with Crippen molar-refractivity contribution in [2.24, 2.45) is 0 Å². The molecule has 80 valence electrons. The maximum atomic E-state index is 9.97. The van der Waals surface area contributed by atoms with Crippen LogP contribution in [0.2, 0.25) is 0 Å². The summed E-state index contributed by atoms with van der Waals surface area (Å²) >= 11 is 0. The summed E-state index contributed by atoms with van der Waals surface area (Å²) in [7, 11) is 0. The second-order valence-electron chi connectivity index (χ2n) is 2.99. The monoisotopic (exact) mass is 198 g/mol. The summed E-state index contributed by atoms with van der Waals surface area (Å²) in [5, 5.41) is 8.18. The lowest BCUT2D eigenvalue weighted by Gasteiger charge is -1.86. The van der Waals surface area contributed by atoms with Gasteiger partial charge in [0.2, 0.25) is 5.76 Å². The minimum Gasteiger partial charge on any atom is -0.475 e. The third-order valence-corrected chi connectivity index (χ3v) is 1.69. The van der Waals surface area contributed by atoms with Crippen LogP contribution in [0.3, 0.4) is 0 Å². The average molecular weight is 198 g/mol. The Balaban J connectivity index is 0.000000255. The highest BCUT2D eigenvalue weighted by molar-refractivity contribution is 5.84. The van der Waals surface area contributed by atoms with E-state index in [9.17, 15) is 4.79 Å². The lowest BCUT2D eigenvalue weighted by molar-refractivity contribution is 0.0662. The molecule has 1 aromatic heterocycles. The van der Waals surface area contributed by atoms with Gasteiger partial charge < -0.3 is 9.52 Å². The number of furan rings is 1. The molecule has 14 heavy (non-hydrogen) atoms. The van der Waals surface area contributed by atoms with E-state index in [1.54, 1.807) is 0 Å². The van der Waals surface area contributed by atoms with Gasteiger partial charge in [-0.25, -0.2) is 4.79 Å². The summed E-state index contributed by atoms with van der Waals surface area (Å²) in [6.07, 6.45) is 6.86. The van der Waals surface area contributed by atoms with Crippen molar-refractivity contribution in [1.82, 2.24) is 0 Å². The first kappa shape index (κ1) is 12.8. The Labute approximate surface area is 84.7 Å². The maximum absolute atomic E-state index is 9.97. The van der Waals surface area contributed by atoms with Gasteiger partial charge in [-0.15, -0.1) is 0 Å². The Morgan fingerprint density at radius 2 is 1.93 bits per heavy atom. The van der Waals surface area contributed by atoms with Gasteiger partial charge in [0.1, 0.15) is 0 Å². The third kappa shape index (κ3) is 6.29. The normalized spacial score (nSPS) is 9.00. The molecule has 0 aliphatic rings. The summed E-state index contributed by atoms with van der Waals surface area (Å²) in [4.78, 5) is 9.97. The van der Waals surface area contributed by atoms with Gasteiger partial charge in [-0.3, -0.25) is 0 Å². The molecule has 1 rings (SSSR count). The molecule has 1 N–H and O–H groups in total. The van der Waals surface area contributed by atoms with Gasteiger partial charge in [0.15, 0.2) is 0 Å². The number of carboxylic acid groups (broad SMARTS) is 1. The molecule has 1 aromatic rings. The minimum absolute atomic E-state index is 0.0231. The van der Waals surface area contributed by atoms with E-state index in [0.29, 0.717) is 0 Å². The average Bonchev–Trinajstić information content (AvgIpc) is 2.68. The van der Waals surface area contributed by atoms with Gasteiger partial charge in [-0.2, -0.15) is 0 Å². The molecule has 0 atom stereocenters. The highest BCUT2D eigenvalue weighted by Gasteiger charge is 2.01. The molecule has 3 nitrogen and oxygen atoms in total. The minimum atomic E-state index is -1.03. The summed E-state index contributed by atoms with van der Waals surface area (Å²) < 4.78 is 4.50. The van der Waals surface area contributed by atoms with Crippen LogP contribution in [-0.2, 0) is 0 Å². The van der Waals surface area contributed by atoms with Crippen LogP contribution in [-0.4, -0.2) is 11.1 Å². The molecule has 0 saturated heterocycles. The van der Waals surface area contributed by atoms with E-state index in [4.69, 9.17) is 5.11 Å². The highest BCUT2D eigenvalue weighted by Crippen LogP contribution is 1.97. The highest BCUT2D eigenvalue weighted by atomic mass is 16.4. The predicted octanol–water partition coefficient (Wildman–Crippen LogP) is 3.56. The SMILES string of the molecule is CCCCCC.O=C(O)c1ccco1. The van der Waals surface area contributed by atoms with Crippen LogP contribution < -0.4 is 0 Å². The van der Waals surface area contributed by atoms with Gasteiger partial charge in [-0.05, 0) is 12.1 Å². The zero-order valence-corrected chi connectivity index (χ0v) is 8.82. The van der Waals surface area contributed by atoms with Gasteiger partial charge in [-0.1, -0.05) is 39.5 Å². The fourth-order valence-corrected chi connectivity index (χ4v) is 0.900. The van der Waals surface area contributed by atoms with Crippen molar-refractivity contribution in [3.63, 3.8) is 0 Å². The van der Waals surface area contributed by atoms with E-state index in [2.05, 4.69) is 18.3 Å². The molecule has 0 amide bonds.